The molecular weight excluding hydrogens is 458 g/mol. The lowest BCUT2D eigenvalue weighted by molar-refractivity contribution is -0.117. The first-order chi connectivity index (χ1) is 16.8. The highest BCUT2D eigenvalue weighted by Gasteiger charge is 2.35. The second kappa shape index (κ2) is 9.38. The number of anilines is 1. The highest BCUT2D eigenvalue weighted by molar-refractivity contribution is 6.32. The van der Waals surface area contributed by atoms with Gasteiger partial charge in [0.15, 0.2) is 0 Å². The molecule has 5 rings (SSSR count). The predicted octanol–water partition coefficient (Wildman–Crippen LogP) is 6.52. The zero-order valence-corrected chi connectivity index (χ0v) is 21.4. The number of fused-ring (bicyclic) bond motifs is 1. The molecule has 1 fully saturated rings. The number of carbonyl (C=O) groups excluding carboxylic acids is 1. The number of hydrogen-bond acceptors (Lipinski definition) is 3. The van der Waals surface area contributed by atoms with Gasteiger partial charge in [-0.2, -0.15) is 0 Å². The van der Waals surface area contributed by atoms with Crippen molar-refractivity contribution in [1.82, 2.24) is 9.55 Å². The van der Waals surface area contributed by atoms with Gasteiger partial charge in [-0.05, 0) is 80.3 Å². The fraction of sp³-hybridized carbons (Fsp3) is 0.310. The van der Waals surface area contributed by atoms with Crippen LogP contribution in [0.4, 0.5) is 5.69 Å². The minimum Gasteiger partial charge on any atom is -0.492 e. The Morgan fingerprint density at radius 3 is 2.51 bits per heavy atom. The molecular formula is C29H30ClN3O2. The lowest BCUT2D eigenvalue weighted by atomic mass is 10.1. The Morgan fingerprint density at radius 1 is 1.00 bits per heavy atom. The van der Waals surface area contributed by atoms with E-state index in [2.05, 4.69) is 30.5 Å². The number of imidazole rings is 1. The summed E-state index contributed by atoms with van der Waals surface area (Å²) in [4.78, 5) is 20.0. The fourth-order valence-corrected chi connectivity index (χ4v) is 5.14. The van der Waals surface area contributed by atoms with Gasteiger partial charge in [0, 0.05) is 29.6 Å². The van der Waals surface area contributed by atoms with Crippen molar-refractivity contribution in [2.24, 2.45) is 0 Å². The van der Waals surface area contributed by atoms with E-state index in [-0.39, 0.29) is 11.8 Å². The molecule has 1 aliphatic rings. The lowest BCUT2D eigenvalue weighted by Gasteiger charge is -2.20. The molecule has 1 saturated heterocycles. The Morgan fingerprint density at radius 2 is 1.74 bits per heavy atom. The van der Waals surface area contributed by atoms with Crippen molar-refractivity contribution in [3.63, 3.8) is 0 Å². The standard InChI is InChI=1S/C29H30ClN3O2/c1-18-8-7-11-25(21(18)4)33-17-22(16-27(33)34)29-31-24-9-5-6-10-26(24)32(29)12-13-35-23-14-19(2)28(30)20(3)15-23/h5-11,14-15,22H,12-13,16-17H2,1-4H3. The summed E-state index contributed by atoms with van der Waals surface area (Å²) in [7, 11) is 0. The molecule has 0 radical (unpaired) electrons. The summed E-state index contributed by atoms with van der Waals surface area (Å²) in [6.07, 6.45) is 0.452. The minimum absolute atomic E-state index is 0.0230. The minimum atomic E-state index is 0.0230. The first-order valence-corrected chi connectivity index (χ1v) is 12.4. The Kier molecular flexibility index (Phi) is 6.28. The number of ether oxygens (including phenoxy) is 1. The normalized spacial score (nSPS) is 15.9. The van der Waals surface area contributed by atoms with Crippen LogP contribution in [0.25, 0.3) is 11.0 Å². The summed E-state index contributed by atoms with van der Waals surface area (Å²) < 4.78 is 8.34. The maximum Gasteiger partial charge on any atom is 0.227 e. The Balaban J connectivity index is 1.41. The molecule has 6 heteroatoms. The summed E-state index contributed by atoms with van der Waals surface area (Å²) in [6.45, 7) is 9.91. The highest BCUT2D eigenvalue weighted by Crippen LogP contribution is 2.35. The van der Waals surface area contributed by atoms with E-state index in [0.717, 1.165) is 50.0 Å². The second-order valence-corrected chi connectivity index (χ2v) is 9.83. The van der Waals surface area contributed by atoms with Crippen LogP contribution in [0.2, 0.25) is 5.02 Å². The second-order valence-electron chi connectivity index (χ2n) is 9.45. The van der Waals surface area contributed by atoms with Crippen LogP contribution in [0, 0.1) is 27.7 Å². The summed E-state index contributed by atoms with van der Waals surface area (Å²) >= 11 is 6.31. The average molecular weight is 488 g/mol. The summed E-state index contributed by atoms with van der Waals surface area (Å²) in [5.74, 6) is 1.92. The fourth-order valence-electron chi connectivity index (χ4n) is 5.03. The molecule has 0 N–H and O–H groups in total. The number of rotatable bonds is 6. The molecule has 1 unspecified atom stereocenters. The average Bonchev–Trinajstić information content (AvgIpc) is 3.40. The van der Waals surface area contributed by atoms with Gasteiger partial charge in [-0.3, -0.25) is 4.79 Å². The van der Waals surface area contributed by atoms with Crippen LogP contribution in [0.5, 0.6) is 5.75 Å². The molecule has 4 aromatic rings. The van der Waals surface area contributed by atoms with Crippen molar-refractivity contribution in [2.75, 3.05) is 18.1 Å². The topological polar surface area (TPSA) is 47.4 Å². The van der Waals surface area contributed by atoms with Crippen molar-refractivity contribution in [3.8, 4) is 5.75 Å². The van der Waals surface area contributed by atoms with Gasteiger partial charge in [-0.15, -0.1) is 0 Å². The third-order valence-electron chi connectivity index (χ3n) is 7.03. The van der Waals surface area contributed by atoms with Crippen molar-refractivity contribution in [1.29, 1.82) is 0 Å². The smallest absolute Gasteiger partial charge is 0.227 e. The number of carbonyl (C=O) groups is 1. The maximum absolute atomic E-state index is 13.1. The van der Waals surface area contributed by atoms with E-state index in [1.54, 1.807) is 0 Å². The van der Waals surface area contributed by atoms with Crippen LogP contribution in [-0.2, 0) is 11.3 Å². The van der Waals surface area contributed by atoms with E-state index < -0.39 is 0 Å². The molecule has 3 aromatic carbocycles. The molecule has 1 atom stereocenters. The van der Waals surface area contributed by atoms with Crippen LogP contribution in [0.3, 0.4) is 0 Å². The third kappa shape index (κ3) is 4.41. The molecule has 0 saturated carbocycles. The Hall–Kier alpha value is -3.31. The quantitative estimate of drug-likeness (QED) is 0.311. The van der Waals surface area contributed by atoms with E-state index in [4.69, 9.17) is 21.3 Å². The number of para-hydroxylation sites is 2. The molecule has 1 aromatic heterocycles. The Labute approximate surface area is 211 Å². The van der Waals surface area contributed by atoms with E-state index >= 15 is 0 Å². The zero-order valence-electron chi connectivity index (χ0n) is 20.6. The first-order valence-electron chi connectivity index (χ1n) is 12.0. The monoisotopic (exact) mass is 487 g/mol. The predicted molar refractivity (Wildman–Crippen MR) is 142 cm³/mol. The molecule has 5 nitrogen and oxygen atoms in total. The first kappa shape index (κ1) is 23.4. The maximum atomic E-state index is 13.1. The molecule has 35 heavy (non-hydrogen) atoms. The third-order valence-corrected chi connectivity index (χ3v) is 7.63. The van der Waals surface area contributed by atoms with Crippen molar-refractivity contribution in [3.05, 3.63) is 87.7 Å². The molecule has 1 amide bonds. The molecule has 0 aliphatic carbocycles. The number of aromatic nitrogens is 2. The number of halogens is 1. The van der Waals surface area contributed by atoms with Crippen LogP contribution in [0.15, 0.2) is 54.6 Å². The highest BCUT2D eigenvalue weighted by atomic mass is 35.5. The SMILES string of the molecule is Cc1cccc(N2CC(c3nc4ccccc4n3CCOc3cc(C)c(Cl)c(C)c3)CC2=O)c1C. The number of nitrogens with zero attached hydrogens (tertiary/aromatic N) is 3. The van der Waals surface area contributed by atoms with E-state index in [1.807, 2.05) is 61.2 Å². The molecule has 0 bridgehead atoms. The van der Waals surface area contributed by atoms with Gasteiger partial charge in [0.25, 0.3) is 0 Å². The van der Waals surface area contributed by atoms with E-state index in [9.17, 15) is 4.79 Å². The number of aryl methyl sites for hydroxylation is 3. The van der Waals surface area contributed by atoms with Gasteiger partial charge < -0.3 is 14.2 Å². The lowest BCUT2D eigenvalue weighted by Crippen LogP contribution is -2.25. The van der Waals surface area contributed by atoms with E-state index in [1.165, 1.54) is 5.56 Å². The van der Waals surface area contributed by atoms with Crippen LogP contribution < -0.4 is 9.64 Å². The summed E-state index contributed by atoms with van der Waals surface area (Å²) in [6, 6.07) is 18.2. The molecule has 2 heterocycles. The van der Waals surface area contributed by atoms with E-state index in [0.29, 0.717) is 26.1 Å². The Bertz CT molecular complexity index is 1400. The number of hydrogen-bond donors (Lipinski definition) is 0. The van der Waals surface area contributed by atoms with Crippen LogP contribution >= 0.6 is 11.6 Å². The van der Waals surface area contributed by atoms with Crippen LogP contribution in [-0.4, -0.2) is 28.6 Å². The van der Waals surface area contributed by atoms with Gasteiger partial charge in [0.2, 0.25) is 5.91 Å². The van der Waals surface area contributed by atoms with Crippen molar-refractivity contribution < 1.29 is 9.53 Å². The van der Waals surface area contributed by atoms with Gasteiger partial charge >= 0.3 is 0 Å². The number of amides is 1. The molecule has 180 valence electrons. The molecule has 1 aliphatic heterocycles. The van der Waals surface area contributed by atoms with Crippen molar-refractivity contribution in [2.45, 2.75) is 46.6 Å². The van der Waals surface area contributed by atoms with Crippen molar-refractivity contribution >= 4 is 34.2 Å². The summed E-state index contributed by atoms with van der Waals surface area (Å²) in [5.41, 5.74) is 7.35. The van der Waals surface area contributed by atoms with Gasteiger partial charge in [0.1, 0.15) is 18.2 Å². The number of benzene rings is 3. The van der Waals surface area contributed by atoms with Gasteiger partial charge in [0.05, 0.1) is 17.6 Å². The summed E-state index contributed by atoms with van der Waals surface area (Å²) in [5, 5.41) is 0.777. The zero-order chi connectivity index (χ0) is 24.7. The molecule has 0 spiro atoms. The van der Waals surface area contributed by atoms with Crippen LogP contribution in [0.1, 0.15) is 40.4 Å². The van der Waals surface area contributed by atoms with Gasteiger partial charge in [-0.25, -0.2) is 4.98 Å². The van der Waals surface area contributed by atoms with Gasteiger partial charge in [-0.1, -0.05) is 35.9 Å². The largest absolute Gasteiger partial charge is 0.492 e.